The Bertz CT molecular complexity index is 1590. The molecule has 1 atom stereocenters. The highest BCUT2D eigenvalue weighted by Crippen LogP contribution is 2.43. The number of thiazole rings is 1. The van der Waals surface area contributed by atoms with E-state index in [0.717, 1.165) is 11.3 Å². The molecule has 5 rings (SSSR count). The molecule has 0 bridgehead atoms. The van der Waals surface area contributed by atoms with Gasteiger partial charge in [-0.05, 0) is 31.5 Å². The van der Waals surface area contributed by atoms with Gasteiger partial charge in [0, 0.05) is 12.1 Å². The van der Waals surface area contributed by atoms with E-state index in [2.05, 4.69) is 4.98 Å². The quantitative estimate of drug-likeness (QED) is 0.228. The lowest BCUT2D eigenvalue weighted by Gasteiger charge is -2.22. The van der Waals surface area contributed by atoms with Crippen molar-refractivity contribution in [1.29, 1.82) is 0 Å². The maximum absolute atomic E-state index is 13.6. The van der Waals surface area contributed by atoms with Gasteiger partial charge in [-0.1, -0.05) is 35.6 Å². The zero-order valence-corrected chi connectivity index (χ0v) is 19.3. The highest BCUT2D eigenvalue weighted by molar-refractivity contribution is 7.17. The van der Waals surface area contributed by atoms with Gasteiger partial charge in [0.05, 0.1) is 34.2 Å². The minimum atomic E-state index is -1.04. The fourth-order valence-electron chi connectivity index (χ4n) is 4.11. The van der Waals surface area contributed by atoms with Crippen molar-refractivity contribution < 1.29 is 23.7 Å². The lowest BCUT2D eigenvalue weighted by atomic mass is 9.98. The predicted molar refractivity (Wildman–Crippen MR) is 127 cm³/mol. The number of rotatable bonds is 5. The number of hydrogen-bond acceptors (Lipinski definition) is 9. The van der Waals surface area contributed by atoms with Crippen LogP contribution < -0.4 is 10.3 Å². The van der Waals surface area contributed by atoms with Gasteiger partial charge in [-0.25, -0.2) is 9.78 Å². The number of carbonyl (C=O) groups is 2. The summed E-state index contributed by atoms with van der Waals surface area (Å²) in [6.07, 6.45) is 0. The molecule has 1 unspecified atom stereocenters. The topological polar surface area (TPSA) is 133 Å². The summed E-state index contributed by atoms with van der Waals surface area (Å²) in [7, 11) is 0. The summed E-state index contributed by atoms with van der Waals surface area (Å²) in [6, 6.07) is 11.2. The van der Waals surface area contributed by atoms with E-state index < -0.39 is 28.3 Å². The van der Waals surface area contributed by atoms with Gasteiger partial charge in [0.1, 0.15) is 10.5 Å². The molecule has 2 aromatic heterocycles. The Morgan fingerprint density at radius 3 is 2.74 bits per heavy atom. The maximum Gasteiger partial charge on any atom is 0.350 e. The second-order valence-electron chi connectivity index (χ2n) is 7.73. The molecule has 0 saturated carbocycles. The summed E-state index contributed by atoms with van der Waals surface area (Å²) in [6.45, 7) is 3.46. The first-order valence-corrected chi connectivity index (χ1v) is 11.4. The first-order chi connectivity index (χ1) is 16.8. The van der Waals surface area contributed by atoms with Crippen LogP contribution in [0.1, 0.15) is 50.0 Å². The number of ether oxygens (including phenoxy) is 1. The molecular formula is C24H17N3O7S. The molecule has 10 nitrogen and oxygen atoms in total. The average Bonchev–Trinajstić information content (AvgIpc) is 3.37. The van der Waals surface area contributed by atoms with Gasteiger partial charge >= 0.3 is 5.97 Å². The van der Waals surface area contributed by atoms with Gasteiger partial charge in [-0.2, -0.15) is 0 Å². The molecule has 2 aromatic carbocycles. The lowest BCUT2D eigenvalue weighted by Crippen LogP contribution is -2.29. The molecule has 1 aliphatic rings. The second-order valence-corrected chi connectivity index (χ2v) is 8.71. The molecule has 0 aliphatic carbocycles. The van der Waals surface area contributed by atoms with E-state index in [1.807, 2.05) is 0 Å². The van der Waals surface area contributed by atoms with Crippen molar-refractivity contribution in [3.63, 3.8) is 0 Å². The van der Waals surface area contributed by atoms with Gasteiger partial charge < -0.3 is 9.15 Å². The van der Waals surface area contributed by atoms with E-state index >= 15 is 0 Å². The third-order valence-electron chi connectivity index (χ3n) is 5.63. The molecule has 0 fully saturated rings. The van der Waals surface area contributed by atoms with Crippen LogP contribution in [0.3, 0.4) is 0 Å². The molecular weight excluding hydrogens is 474 g/mol. The standard InChI is InChI=1S/C24H17N3O7S/c1-3-33-23(30)21-12(2)25-24(35-21)26-18(13-7-6-8-14(11-13)27(31)32)17-19(28)15-9-4-5-10-16(15)34-20(17)22(26)29/h4-11,18H,3H2,1-2H3. The van der Waals surface area contributed by atoms with Crippen LogP contribution in [-0.4, -0.2) is 28.4 Å². The van der Waals surface area contributed by atoms with Crippen LogP contribution >= 0.6 is 11.3 Å². The largest absolute Gasteiger partial charge is 0.462 e. The molecule has 0 saturated heterocycles. The van der Waals surface area contributed by atoms with Gasteiger partial charge in [-0.3, -0.25) is 24.6 Å². The number of hydrogen-bond donors (Lipinski definition) is 0. The van der Waals surface area contributed by atoms with E-state index in [4.69, 9.17) is 9.15 Å². The monoisotopic (exact) mass is 491 g/mol. The molecule has 1 aliphatic heterocycles. The van der Waals surface area contributed by atoms with E-state index in [-0.39, 0.29) is 44.6 Å². The fraction of sp³-hybridized carbons (Fsp3) is 0.167. The molecule has 11 heteroatoms. The van der Waals surface area contributed by atoms with Crippen molar-refractivity contribution in [3.8, 4) is 0 Å². The van der Waals surface area contributed by atoms with Crippen molar-refractivity contribution in [2.75, 3.05) is 11.5 Å². The van der Waals surface area contributed by atoms with E-state index in [1.165, 1.54) is 23.1 Å². The molecule has 0 radical (unpaired) electrons. The number of benzene rings is 2. The van der Waals surface area contributed by atoms with Gasteiger partial charge in [0.25, 0.3) is 11.6 Å². The highest BCUT2D eigenvalue weighted by Gasteiger charge is 2.45. The molecule has 176 valence electrons. The van der Waals surface area contributed by atoms with Gasteiger partial charge in [0.2, 0.25) is 5.76 Å². The van der Waals surface area contributed by atoms with Crippen molar-refractivity contribution >= 4 is 45.0 Å². The first-order valence-electron chi connectivity index (χ1n) is 10.6. The number of nitrogens with zero attached hydrogens (tertiary/aromatic N) is 3. The number of esters is 1. The number of amides is 1. The van der Waals surface area contributed by atoms with E-state index in [9.17, 15) is 24.5 Å². The fourth-order valence-corrected chi connectivity index (χ4v) is 5.10. The molecule has 0 spiro atoms. The third-order valence-corrected chi connectivity index (χ3v) is 6.76. The van der Waals surface area contributed by atoms with Crippen LogP contribution in [0.4, 0.5) is 10.8 Å². The van der Waals surface area contributed by atoms with Crippen LogP contribution in [0, 0.1) is 17.0 Å². The van der Waals surface area contributed by atoms with Crippen LogP contribution in [0.5, 0.6) is 0 Å². The summed E-state index contributed by atoms with van der Waals surface area (Å²) in [5.74, 6) is -1.39. The summed E-state index contributed by atoms with van der Waals surface area (Å²) in [5.41, 5.74) is 0.365. The number of non-ortho nitro benzene ring substituents is 1. The van der Waals surface area contributed by atoms with Crippen molar-refractivity contribution in [3.05, 3.63) is 96.3 Å². The normalized spacial score (nSPS) is 14.9. The van der Waals surface area contributed by atoms with E-state index in [0.29, 0.717) is 11.3 Å². The Morgan fingerprint density at radius 2 is 2.00 bits per heavy atom. The SMILES string of the molecule is CCOC(=O)c1sc(N2C(=O)c3oc4ccccc4c(=O)c3C2c2cccc([N+](=O)[O-])c2)nc1C. The number of anilines is 1. The van der Waals surface area contributed by atoms with Crippen LogP contribution in [-0.2, 0) is 4.74 Å². The first kappa shape index (κ1) is 22.4. The second kappa shape index (κ2) is 8.44. The number of fused-ring (bicyclic) bond motifs is 2. The van der Waals surface area contributed by atoms with Crippen molar-refractivity contribution in [1.82, 2.24) is 4.98 Å². The van der Waals surface area contributed by atoms with Gasteiger partial charge in [-0.15, -0.1) is 0 Å². The van der Waals surface area contributed by atoms with Crippen molar-refractivity contribution in [2.24, 2.45) is 0 Å². The Hall–Kier alpha value is -4.38. The molecule has 3 heterocycles. The summed E-state index contributed by atoms with van der Waals surface area (Å²) >= 11 is 0.940. The molecule has 35 heavy (non-hydrogen) atoms. The number of aromatic nitrogens is 1. The predicted octanol–water partition coefficient (Wildman–Crippen LogP) is 4.39. The number of aryl methyl sites for hydroxylation is 1. The smallest absolute Gasteiger partial charge is 0.350 e. The van der Waals surface area contributed by atoms with Crippen LogP contribution in [0.15, 0.2) is 57.7 Å². The van der Waals surface area contributed by atoms with Crippen LogP contribution in [0.2, 0.25) is 0 Å². The number of nitro benzene ring substituents is 1. The Morgan fingerprint density at radius 1 is 1.23 bits per heavy atom. The maximum atomic E-state index is 13.6. The highest BCUT2D eigenvalue weighted by atomic mass is 32.1. The van der Waals surface area contributed by atoms with Crippen LogP contribution in [0.25, 0.3) is 11.0 Å². The number of carbonyl (C=O) groups excluding carboxylic acids is 2. The summed E-state index contributed by atoms with van der Waals surface area (Å²) in [4.78, 5) is 56.3. The summed E-state index contributed by atoms with van der Waals surface area (Å²) in [5, 5.41) is 11.9. The Kier molecular flexibility index (Phi) is 5.40. The Labute approximate surface area is 201 Å². The molecule has 1 amide bonds. The number of para-hydroxylation sites is 1. The average molecular weight is 491 g/mol. The number of nitro groups is 1. The Balaban J connectivity index is 1.76. The van der Waals surface area contributed by atoms with E-state index in [1.54, 1.807) is 44.2 Å². The molecule has 4 aromatic rings. The minimum Gasteiger partial charge on any atom is -0.462 e. The zero-order valence-electron chi connectivity index (χ0n) is 18.5. The molecule has 0 N–H and O–H groups in total. The zero-order chi connectivity index (χ0) is 24.9. The van der Waals surface area contributed by atoms with Gasteiger partial charge in [0.15, 0.2) is 10.6 Å². The van der Waals surface area contributed by atoms with Crippen molar-refractivity contribution in [2.45, 2.75) is 19.9 Å². The lowest BCUT2D eigenvalue weighted by molar-refractivity contribution is -0.384. The summed E-state index contributed by atoms with van der Waals surface area (Å²) < 4.78 is 10.9. The minimum absolute atomic E-state index is 0.0553. The third kappa shape index (κ3) is 3.56.